The van der Waals surface area contributed by atoms with E-state index < -0.39 is 11.7 Å². The fraction of sp³-hybridized carbons (Fsp3) is 0.526. The van der Waals surface area contributed by atoms with E-state index in [-0.39, 0.29) is 12.1 Å². The molecule has 1 amide bonds. The highest BCUT2D eigenvalue weighted by molar-refractivity contribution is 7.10. The molecule has 4 heterocycles. The summed E-state index contributed by atoms with van der Waals surface area (Å²) in [6, 6.07) is 3.88. The maximum atomic E-state index is 12.0. The minimum absolute atomic E-state index is 0.170. The molecule has 2 fully saturated rings. The molecule has 2 saturated heterocycles. The predicted octanol–water partition coefficient (Wildman–Crippen LogP) is 3.61. The minimum Gasteiger partial charge on any atom is -0.442 e. The number of ether oxygens (including phenoxy) is 1. The Morgan fingerprint density at radius 1 is 1.16 bits per heavy atom. The quantitative estimate of drug-likeness (QED) is 0.710. The number of nitrogens with one attached hydrogen (secondary N) is 1. The lowest BCUT2D eigenvalue weighted by atomic mass is 10.2. The number of rotatable bonds is 2. The smallest absolute Gasteiger partial charge is 0.435 e. The molecule has 31 heavy (non-hydrogen) atoms. The molecule has 10 nitrogen and oxygen atoms in total. The van der Waals surface area contributed by atoms with E-state index in [1.807, 2.05) is 17.5 Å². The zero-order chi connectivity index (χ0) is 22.4. The van der Waals surface area contributed by atoms with Crippen LogP contribution in [0.2, 0.25) is 0 Å². The van der Waals surface area contributed by atoms with Crippen molar-refractivity contribution in [1.29, 1.82) is 10.5 Å². The van der Waals surface area contributed by atoms with E-state index in [0.717, 1.165) is 12.1 Å². The van der Waals surface area contributed by atoms with Gasteiger partial charge in [0, 0.05) is 17.2 Å². The lowest BCUT2D eigenvalue weighted by Gasteiger charge is -2.26. The molecule has 4 rings (SSSR count). The van der Waals surface area contributed by atoms with Gasteiger partial charge < -0.3 is 9.57 Å². The van der Waals surface area contributed by atoms with E-state index in [1.54, 1.807) is 26.2 Å². The molecule has 0 aliphatic carbocycles. The highest BCUT2D eigenvalue weighted by Crippen LogP contribution is 2.32. The van der Waals surface area contributed by atoms with E-state index >= 15 is 0 Å². The molecule has 0 saturated carbocycles. The van der Waals surface area contributed by atoms with E-state index in [0.29, 0.717) is 35.3 Å². The third-order valence-electron chi connectivity index (χ3n) is 4.15. The van der Waals surface area contributed by atoms with Gasteiger partial charge in [-0.2, -0.15) is 21.1 Å². The normalized spacial score (nSPS) is 20.5. The van der Waals surface area contributed by atoms with Gasteiger partial charge in [-0.1, -0.05) is 0 Å². The fourth-order valence-electron chi connectivity index (χ4n) is 2.82. The number of nitrogens with zero attached hydrogens (tertiary/aromatic N) is 5. The Labute approximate surface area is 187 Å². The van der Waals surface area contributed by atoms with Crippen molar-refractivity contribution in [3.63, 3.8) is 0 Å². The molecule has 2 aromatic heterocycles. The molecule has 12 heteroatoms. The molecule has 0 aromatic carbocycles. The third kappa shape index (κ3) is 6.19. The van der Waals surface area contributed by atoms with Crippen LogP contribution < -0.4 is 5.48 Å². The second kappa shape index (κ2) is 10.1. The van der Waals surface area contributed by atoms with E-state index in [9.17, 15) is 4.79 Å². The number of amides is 1. The minimum atomic E-state index is -0.576. The third-order valence-corrected chi connectivity index (χ3v) is 5.68. The summed E-state index contributed by atoms with van der Waals surface area (Å²) in [4.78, 5) is 30.6. The van der Waals surface area contributed by atoms with Crippen molar-refractivity contribution in [2.75, 3.05) is 13.2 Å². The fourth-order valence-corrected chi connectivity index (χ4v) is 4.13. The predicted molar refractivity (Wildman–Crippen MR) is 111 cm³/mol. The van der Waals surface area contributed by atoms with Crippen molar-refractivity contribution in [2.24, 2.45) is 0 Å². The van der Waals surface area contributed by atoms with Gasteiger partial charge in [-0.3, -0.25) is 4.84 Å². The summed E-state index contributed by atoms with van der Waals surface area (Å²) in [6.07, 6.45) is 1.05. The SMILES string of the molecule is CC(C)(C)OC(=O)N1OCC[C@H]1c1csc(C#N)n1.N#Cc1nc([C@@H]2CCON2)cs1. The first-order valence-electron chi connectivity index (χ1n) is 9.54. The van der Waals surface area contributed by atoms with Crippen LogP contribution >= 0.6 is 22.7 Å². The van der Waals surface area contributed by atoms with Gasteiger partial charge in [0.1, 0.15) is 23.8 Å². The van der Waals surface area contributed by atoms with Crippen LogP contribution in [0.4, 0.5) is 4.79 Å². The summed E-state index contributed by atoms with van der Waals surface area (Å²) >= 11 is 2.63. The average Bonchev–Trinajstić information content (AvgIpc) is 3.53. The number of hydrogen-bond donors (Lipinski definition) is 1. The number of hydroxylamine groups is 3. The van der Waals surface area contributed by atoms with Crippen LogP contribution in [0.15, 0.2) is 10.8 Å². The Hall–Kier alpha value is -2.61. The zero-order valence-corrected chi connectivity index (χ0v) is 19.0. The lowest BCUT2D eigenvalue weighted by molar-refractivity contribution is -0.125. The van der Waals surface area contributed by atoms with E-state index in [4.69, 9.17) is 24.9 Å². The first-order chi connectivity index (χ1) is 14.8. The van der Waals surface area contributed by atoms with Gasteiger partial charge in [-0.25, -0.2) is 14.8 Å². The second-order valence-electron chi connectivity index (χ2n) is 7.63. The van der Waals surface area contributed by atoms with Crippen LogP contribution in [0.1, 0.15) is 67.1 Å². The highest BCUT2D eigenvalue weighted by Gasteiger charge is 2.36. The van der Waals surface area contributed by atoms with Gasteiger partial charge in [0.15, 0.2) is 10.0 Å². The largest absolute Gasteiger partial charge is 0.442 e. The lowest BCUT2D eigenvalue weighted by Crippen LogP contribution is -2.35. The van der Waals surface area contributed by atoms with Crippen molar-refractivity contribution in [3.05, 3.63) is 32.2 Å². The molecule has 0 spiro atoms. The zero-order valence-electron chi connectivity index (χ0n) is 17.3. The number of carbonyl (C=O) groups is 1. The summed E-state index contributed by atoms with van der Waals surface area (Å²) in [5.74, 6) is 0. The summed E-state index contributed by atoms with van der Waals surface area (Å²) in [5.41, 5.74) is 3.85. The van der Waals surface area contributed by atoms with Crippen LogP contribution in [-0.4, -0.2) is 39.9 Å². The molecule has 0 radical (unpaired) electrons. The molecule has 0 unspecified atom stereocenters. The van der Waals surface area contributed by atoms with Crippen molar-refractivity contribution in [3.8, 4) is 12.1 Å². The summed E-state index contributed by atoms with van der Waals surface area (Å²) in [7, 11) is 0. The Kier molecular flexibility index (Phi) is 7.54. The number of hydrogen-bond acceptors (Lipinski definition) is 11. The van der Waals surface area contributed by atoms with Crippen molar-refractivity contribution < 1.29 is 19.2 Å². The van der Waals surface area contributed by atoms with Gasteiger partial charge >= 0.3 is 6.09 Å². The van der Waals surface area contributed by atoms with Gasteiger partial charge in [0.2, 0.25) is 0 Å². The van der Waals surface area contributed by atoms with Crippen LogP contribution in [0.25, 0.3) is 0 Å². The molecule has 2 aromatic rings. The topological polar surface area (TPSA) is 133 Å². The van der Waals surface area contributed by atoms with E-state index in [1.165, 1.54) is 27.7 Å². The Bertz CT molecular complexity index is 981. The molecule has 0 bridgehead atoms. The summed E-state index contributed by atoms with van der Waals surface area (Å²) in [5, 5.41) is 23.1. The van der Waals surface area contributed by atoms with Gasteiger partial charge in [-0.15, -0.1) is 22.7 Å². The standard InChI is InChI=1S/C12H15N3O3S.C7H7N3OS/c1-12(2,3)18-11(16)15-9(4-5-17-15)8-7-19-10(6-13)14-8;8-3-7-9-6(4-12-7)5-1-2-11-10-5/h7,9H,4-5H2,1-3H3;4-5,10H,1-2H2/t9-;5-/m00/s1. The van der Waals surface area contributed by atoms with Crippen LogP contribution in [0, 0.1) is 22.7 Å². The second-order valence-corrected chi connectivity index (χ2v) is 9.35. The Balaban J connectivity index is 0.000000194. The first kappa shape index (κ1) is 23.1. The molecule has 2 aliphatic rings. The summed E-state index contributed by atoms with van der Waals surface area (Å²) < 4.78 is 5.28. The number of nitriles is 2. The number of aromatic nitrogens is 2. The van der Waals surface area contributed by atoms with Crippen LogP contribution in [0.5, 0.6) is 0 Å². The molecule has 2 aliphatic heterocycles. The monoisotopic (exact) mass is 462 g/mol. The first-order valence-corrected chi connectivity index (χ1v) is 11.3. The molecule has 164 valence electrons. The Morgan fingerprint density at radius 2 is 1.81 bits per heavy atom. The molecule has 1 N–H and O–H groups in total. The maximum absolute atomic E-state index is 12.0. The number of thiazole rings is 2. The molecular formula is C19H22N6O4S2. The molecular weight excluding hydrogens is 440 g/mol. The average molecular weight is 463 g/mol. The highest BCUT2D eigenvalue weighted by atomic mass is 32.1. The summed E-state index contributed by atoms with van der Waals surface area (Å²) in [6.45, 7) is 6.54. The van der Waals surface area contributed by atoms with Gasteiger partial charge in [-0.05, 0) is 27.2 Å². The van der Waals surface area contributed by atoms with E-state index in [2.05, 4.69) is 15.4 Å². The van der Waals surface area contributed by atoms with Crippen molar-refractivity contribution >= 4 is 28.8 Å². The van der Waals surface area contributed by atoms with Gasteiger partial charge in [0.25, 0.3) is 0 Å². The van der Waals surface area contributed by atoms with Crippen molar-refractivity contribution in [1.82, 2.24) is 20.5 Å². The maximum Gasteiger partial charge on any atom is 0.435 e. The number of carbonyl (C=O) groups excluding carboxylic acids is 1. The van der Waals surface area contributed by atoms with Crippen molar-refractivity contribution in [2.45, 2.75) is 51.3 Å². The Morgan fingerprint density at radius 3 is 2.35 bits per heavy atom. The molecule has 2 atom stereocenters. The van der Waals surface area contributed by atoms with Crippen LogP contribution in [-0.2, 0) is 14.4 Å². The van der Waals surface area contributed by atoms with Crippen LogP contribution in [0.3, 0.4) is 0 Å². The van der Waals surface area contributed by atoms with Gasteiger partial charge in [0.05, 0.1) is 30.6 Å².